The third-order valence-electron chi connectivity index (χ3n) is 2.65. The summed E-state index contributed by atoms with van der Waals surface area (Å²) in [5.74, 6) is -0.0731. The highest BCUT2D eigenvalue weighted by molar-refractivity contribution is 9.10. The molecule has 0 aliphatic heterocycles. The van der Waals surface area contributed by atoms with Crippen molar-refractivity contribution >= 4 is 56.8 Å². The second-order valence-corrected chi connectivity index (χ2v) is 6.23. The summed E-state index contributed by atoms with van der Waals surface area (Å²) in [7, 11) is 0. The van der Waals surface area contributed by atoms with Crippen molar-refractivity contribution in [1.82, 2.24) is 10.9 Å². The van der Waals surface area contributed by atoms with Gasteiger partial charge < -0.3 is 10.1 Å². The van der Waals surface area contributed by atoms with Crippen molar-refractivity contribution in [2.45, 2.75) is 0 Å². The van der Waals surface area contributed by atoms with Gasteiger partial charge in [-0.2, -0.15) is 0 Å². The van der Waals surface area contributed by atoms with Gasteiger partial charge in [0, 0.05) is 15.7 Å². The molecule has 0 fully saturated rings. The van der Waals surface area contributed by atoms with Gasteiger partial charge in [-0.1, -0.05) is 29.3 Å². The van der Waals surface area contributed by atoms with Crippen LogP contribution in [0.2, 0.25) is 10.0 Å². The van der Waals surface area contributed by atoms with Crippen LogP contribution in [0.5, 0.6) is 5.75 Å². The van der Waals surface area contributed by atoms with Crippen LogP contribution < -0.4 is 20.9 Å². The number of carbonyl (C=O) groups is 2. The van der Waals surface area contributed by atoms with Crippen LogP contribution in [-0.4, -0.2) is 18.5 Å². The molecule has 24 heavy (non-hydrogen) atoms. The zero-order chi connectivity index (χ0) is 17.5. The van der Waals surface area contributed by atoms with Gasteiger partial charge in [-0.05, 0) is 52.3 Å². The van der Waals surface area contributed by atoms with E-state index in [0.29, 0.717) is 26.0 Å². The number of rotatable bonds is 4. The maximum absolute atomic E-state index is 11.7. The normalized spacial score (nSPS) is 9.96. The van der Waals surface area contributed by atoms with Gasteiger partial charge in [0.25, 0.3) is 5.91 Å². The van der Waals surface area contributed by atoms with E-state index in [1.165, 1.54) is 0 Å². The second kappa shape index (κ2) is 8.77. The van der Waals surface area contributed by atoms with Crippen molar-refractivity contribution in [3.8, 4) is 5.75 Å². The van der Waals surface area contributed by atoms with Crippen molar-refractivity contribution in [2.75, 3.05) is 11.9 Å². The van der Waals surface area contributed by atoms with Crippen LogP contribution in [0.1, 0.15) is 0 Å². The SMILES string of the molecule is O=C(COc1ccc(Cl)cc1Br)NNC(=O)Nc1cccc(Cl)c1. The number of hydrogen-bond donors (Lipinski definition) is 3. The van der Waals surface area contributed by atoms with E-state index < -0.39 is 11.9 Å². The standard InChI is InChI=1S/C15H12BrCl2N3O3/c16-12-7-10(18)4-5-13(12)24-8-14(22)20-21-15(23)19-11-3-1-2-9(17)6-11/h1-7H,8H2,(H,20,22)(H2,19,21,23). The Balaban J connectivity index is 1.75. The van der Waals surface area contributed by atoms with Crippen molar-refractivity contribution in [2.24, 2.45) is 0 Å². The van der Waals surface area contributed by atoms with Crippen LogP contribution in [0.4, 0.5) is 10.5 Å². The molecule has 0 spiro atoms. The Morgan fingerprint density at radius 3 is 2.50 bits per heavy atom. The van der Waals surface area contributed by atoms with E-state index in [0.717, 1.165) is 0 Å². The summed E-state index contributed by atoms with van der Waals surface area (Å²) in [6.07, 6.45) is 0. The molecule has 3 N–H and O–H groups in total. The first-order valence-electron chi connectivity index (χ1n) is 6.63. The van der Waals surface area contributed by atoms with Gasteiger partial charge in [0.05, 0.1) is 4.47 Å². The molecule has 2 rings (SSSR count). The minimum atomic E-state index is -0.613. The Hall–Kier alpha value is -1.96. The minimum absolute atomic E-state index is 0.280. The van der Waals surface area contributed by atoms with E-state index in [2.05, 4.69) is 32.1 Å². The topological polar surface area (TPSA) is 79.5 Å². The fourth-order valence-electron chi connectivity index (χ4n) is 1.63. The fourth-order valence-corrected chi connectivity index (χ4v) is 2.61. The smallest absolute Gasteiger partial charge is 0.337 e. The molecular weight excluding hydrogens is 421 g/mol. The third-order valence-corrected chi connectivity index (χ3v) is 3.74. The van der Waals surface area contributed by atoms with Gasteiger partial charge in [-0.3, -0.25) is 10.2 Å². The number of carbonyl (C=O) groups excluding carboxylic acids is 2. The second-order valence-electron chi connectivity index (χ2n) is 4.50. The number of urea groups is 1. The number of nitrogens with one attached hydrogen (secondary N) is 3. The highest BCUT2D eigenvalue weighted by Gasteiger charge is 2.08. The maximum Gasteiger partial charge on any atom is 0.337 e. The van der Waals surface area contributed by atoms with Crippen LogP contribution in [-0.2, 0) is 4.79 Å². The van der Waals surface area contributed by atoms with Gasteiger partial charge in [0.15, 0.2) is 6.61 Å². The van der Waals surface area contributed by atoms with Gasteiger partial charge in [-0.25, -0.2) is 10.2 Å². The van der Waals surface area contributed by atoms with Crippen molar-refractivity contribution in [3.63, 3.8) is 0 Å². The average molecular weight is 433 g/mol. The van der Waals surface area contributed by atoms with Crippen LogP contribution >= 0.6 is 39.1 Å². The molecule has 0 bridgehead atoms. The summed E-state index contributed by atoms with van der Waals surface area (Å²) in [5, 5.41) is 3.54. The Morgan fingerprint density at radius 1 is 1.04 bits per heavy atom. The number of hydrazine groups is 1. The lowest BCUT2D eigenvalue weighted by Gasteiger charge is -2.11. The molecule has 0 unspecified atom stereocenters. The molecule has 2 aromatic rings. The Kier molecular flexibility index (Phi) is 6.72. The molecule has 0 atom stereocenters. The number of benzene rings is 2. The molecule has 0 saturated carbocycles. The molecule has 2 aromatic carbocycles. The number of anilines is 1. The Bertz CT molecular complexity index is 758. The molecule has 6 nitrogen and oxygen atoms in total. The lowest BCUT2D eigenvalue weighted by Crippen LogP contribution is -2.45. The van der Waals surface area contributed by atoms with Gasteiger partial charge in [0.2, 0.25) is 0 Å². The van der Waals surface area contributed by atoms with Gasteiger partial charge in [-0.15, -0.1) is 0 Å². The zero-order valence-corrected chi connectivity index (χ0v) is 15.2. The number of hydrogen-bond acceptors (Lipinski definition) is 3. The largest absolute Gasteiger partial charge is 0.483 e. The fraction of sp³-hybridized carbons (Fsp3) is 0.0667. The van der Waals surface area contributed by atoms with Crippen LogP contribution in [0.3, 0.4) is 0 Å². The van der Waals surface area contributed by atoms with E-state index in [1.54, 1.807) is 42.5 Å². The first kappa shape index (κ1) is 18.4. The molecular formula is C15H12BrCl2N3O3. The van der Waals surface area contributed by atoms with E-state index in [-0.39, 0.29) is 6.61 Å². The number of halogens is 3. The Morgan fingerprint density at radius 2 is 1.79 bits per heavy atom. The molecule has 0 saturated heterocycles. The maximum atomic E-state index is 11.7. The van der Waals surface area contributed by atoms with Crippen LogP contribution in [0, 0.1) is 0 Å². The first-order valence-corrected chi connectivity index (χ1v) is 8.18. The predicted octanol–water partition coefficient (Wildman–Crippen LogP) is 3.99. The molecule has 0 heterocycles. The summed E-state index contributed by atoms with van der Waals surface area (Å²) >= 11 is 14.9. The molecule has 0 aliphatic carbocycles. The summed E-state index contributed by atoms with van der Waals surface area (Å²) in [6.45, 7) is -0.280. The molecule has 0 aromatic heterocycles. The summed E-state index contributed by atoms with van der Waals surface area (Å²) < 4.78 is 5.93. The average Bonchev–Trinajstić information content (AvgIpc) is 2.52. The molecule has 9 heteroatoms. The third kappa shape index (κ3) is 5.92. The van der Waals surface area contributed by atoms with Gasteiger partial charge >= 0.3 is 6.03 Å². The van der Waals surface area contributed by atoms with E-state index in [4.69, 9.17) is 27.9 Å². The Labute approximate surface area is 156 Å². The first-order chi connectivity index (χ1) is 11.4. The lowest BCUT2D eigenvalue weighted by atomic mass is 10.3. The predicted molar refractivity (Wildman–Crippen MR) is 96.4 cm³/mol. The molecule has 126 valence electrons. The summed E-state index contributed by atoms with van der Waals surface area (Å²) in [4.78, 5) is 23.3. The quantitative estimate of drug-likeness (QED) is 0.639. The summed E-state index contributed by atoms with van der Waals surface area (Å²) in [5.41, 5.74) is 4.92. The van der Waals surface area contributed by atoms with Crippen molar-refractivity contribution in [1.29, 1.82) is 0 Å². The van der Waals surface area contributed by atoms with Crippen LogP contribution in [0.25, 0.3) is 0 Å². The van der Waals surface area contributed by atoms with E-state index in [1.807, 2.05) is 0 Å². The summed E-state index contributed by atoms with van der Waals surface area (Å²) in [6, 6.07) is 10.9. The van der Waals surface area contributed by atoms with Gasteiger partial charge in [0.1, 0.15) is 5.75 Å². The minimum Gasteiger partial charge on any atom is -0.483 e. The van der Waals surface area contributed by atoms with Crippen molar-refractivity contribution in [3.05, 3.63) is 57.0 Å². The highest BCUT2D eigenvalue weighted by Crippen LogP contribution is 2.27. The van der Waals surface area contributed by atoms with Crippen LogP contribution in [0.15, 0.2) is 46.9 Å². The van der Waals surface area contributed by atoms with E-state index >= 15 is 0 Å². The molecule has 3 amide bonds. The number of amides is 3. The lowest BCUT2D eigenvalue weighted by molar-refractivity contribution is -0.123. The molecule has 0 aliphatic rings. The van der Waals surface area contributed by atoms with Crippen molar-refractivity contribution < 1.29 is 14.3 Å². The molecule has 0 radical (unpaired) electrons. The monoisotopic (exact) mass is 431 g/mol. The highest BCUT2D eigenvalue weighted by atomic mass is 79.9. The number of ether oxygens (including phenoxy) is 1. The zero-order valence-electron chi connectivity index (χ0n) is 12.1. The van der Waals surface area contributed by atoms with E-state index in [9.17, 15) is 9.59 Å².